The maximum absolute atomic E-state index is 12.4. The molecule has 0 fully saturated rings. The Kier molecular flexibility index (Phi) is 6.81. The molecule has 1 heterocycles. The Bertz CT molecular complexity index is 921. The normalized spacial score (nSPS) is 10.3. The number of carbonyl (C=O) groups excluding carboxylic acids is 2. The maximum Gasteiger partial charge on any atom is 0.255 e. The van der Waals surface area contributed by atoms with Crippen molar-refractivity contribution < 1.29 is 14.3 Å². The molecule has 3 aromatic rings. The van der Waals surface area contributed by atoms with E-state index >= 15 is 0 Å². The van der Waals surface area contributed by atoms with Gasteiger partial charge in [0, 0.05) is 22.5 Å². The Hall–Kier alpha value is -3.12. The van der Waals surface area contributed by atoms with Crippen LogP contribution in [-0.4, -0.2) is 18.9 Å². The van der Waals surface area contributed by atoms with E-state index < -0.39 is 0 Å². The highest BCUT2D eigenvalue weighted by atomic mass is 32.1. The molecule has 0 radical (unpaired) electrons. The predicted octanol–water partition coefficient (Wildman–Crippen LogP) is 4.97. The first-order chi connectivity index (χ1) is 13.7. The number of rotatable bonds is 8. The summed E-state index contributed by atoms with van der Waals surface area (Å²) < 4.78 is 5.24. The third-order valence-corrected chi connectivity index (χ3v) is 5.13. The summed E-state index contributed by atoms with van der Waals surface area (Å²) in [6.07, 6.45) is 2.19. The van der Waals surface area contributed by atoms with Gasteiger partial charge in [-0.2, -0.15) is 0 Å². The van der Waals surface area contributed by atoms with Gasteiger partial charge in [0.1, 0.15) is 5.75 Å². The lowest BCUT2D eigenvalue weighted by molar-refractivity contribution is -0.116. The number of amides is 2. The van der Waals surface area contributed by atoms with E-state index in [1.807, 2.05) is 23.6 Å². The summed E-state index contributed by atoms with van der Waals surface area (Å²) >= 11 is 1.71. The number of benzene rings is 2. The number of aryl methyl sites for hydroxylation is 1. The van der Waals surface area contributed by atoms with Crippen LogP contribution in [0, 0.1) is 0 Å². The zero-order valence-corrected chi connectivity index (χ0v) is 16.4. The molecule has 3 rings (SSSR count). The number of anilines is 2. The van der Waals surface area contributed by atoms with Gasteiger partial charge in [-0.15, -0.1) is 11.3 Å². The van der Waals surface area contributed by atoms with Crippen molar-refractivity contribution in [3.63, 3.8) is 0 Å². The van der Waals surface area contributed by atoms with Crippen LogP contribution in [0.1, 0.15) is 28.1 Å². The summed E-state index contributed by atoms with van der Waals surface area (Å²) in [7, 11) is 1.56. The first-order valence-electron chi connectivity index (χ1n) is 9.02. The fraction of sp³-hybridized carbons (Fsp3) is 0.182. The smallest absolute Gasteiger partial charge is 0.255 e. The van der Waals surface area contributed by atoms with Gasteiger partial charge in [0.25, 0.3) is 5.91 Å². The maximum atomic E-state index is 12.4. The predicted molar refractivity (Wildman–Crippen MR) is 113 cm³/mol. The van der Waals surface area contributed by atoms with Crippen molar-refractivity contribution >= 4 is 34.5 Å². The lowest BCUT2D eigenvalue weighted by Crippen LogP contribution is -2.14. The van der Waals surface area contributed by atoms with E-state index in [4.69, 9.17) is 4.74 Å². The average molecular weight is 394 g/mol. The number of ether oxygens (including phenoxy) is 1. The zero-order chi connectivity index (χ0) is 19.8. The van der Waals surface area contributed by atoms with Crippen molar-refractivity contribution in [2.45, 2.75) is 19.3 Å². The summed E-state index contributed by atoms with van der Waals surface area (Å²) in [6, 6.07) is 18.2. The summed E-state index contributed by atoms with van der Waals surface area (Å²) in [5, 5.41) is 7.74. The van der Waals surface area contributed by atoms with Crippen molar-refractivity contribution in [1.29, 1.82) is 0 Å². The third-order valence-electron chi connectivity index (χ3n) is 4.19. The van der Waals surface area contributed by atoms with Crippen molar-refractivity contribution in [2.24, 2.45) is 0 Å². The van der Waals surface area contributed by atoms with Crippen LogP contribution in [0.3, 0.4) is 0 Å². The van der Waals surface area contributed by atoms with Gasteiger partial charge in [0.05, 0.1) is 12.8 Å². The molecule has 6 heteroatoms. The molecule has 0 aliphatic heterocycles. The van der Waals surface area contributed by atoms with Gasteiger partial charge in [-0.05, 0) is 60.7 Å². The van der Waals surface area contributed by atoms with Gasteiger partial charge >= 0.3 is 0 Å². The number of nitrogens with one attached hydrogen (secondary N) is 2. The molecule has 28 heavy (non-hydrogen) atoms. The van der Waals surface area contributed by atoms with Crippen molar-refractivity contribution in [3.05, 3.63) is 76.5 Å². The van der Waals surface area contributed by atoms with E-state index in [2.05, 4.69) is 16.7 Å². The minimum atomic E-state index is -0.238. The topological polar surface area (TPSA) is 67.4 Å². The van der Waals surface area contributed by atoms with Gasteiger partial charge in [0.2, 0.25) is 5.91 Å². The Balaban J connectivity index is 1.51. The summed E-state index contributed by atoms with van der Waals surface area (Å²) in [5.74, 6) is 0.336. The fourth-order valence-corrected chi connectivity index (χ4v) is 3.50. The first-order valence-corrected chi connectivity index (χ1v) is 9.90. The SMILES string of the molecule is COc1ccccc1NC(=O)c1ccc(NC(=O)CCCc2cccs2)cc1. The fourth-order valence-electron chi connectivity index (χ4n) is 2.75. The van der Waals surface area contributed by atoms with Gasteiger partial charge in [0.15, 0.2) is 0 Å². The molecule has 2 aromatic carbocycles. The molecule has 0 spiro atoms. The molecule has 0 bridgehead atoms. The van der Waals surface area contributed by atoms with Crippen LogP contribution in [0.25, 0.3) is 0 Å². The molecule has 0 aliphatic rings. The van der Waals surface area contributed by atoms with Crippen molar-refractivity contribution in [3.8, 4) is 5.75 Å². The second-order valence-electron chi connectivity index (χ2n) is 6.21. The number of hydrogen-bond acceptors (Lipinski definition) is 4. The first kappa shape index (κ1) is 19.6. The molecule has 0 aliphatic carbocycles. The lowest BCUT2D eigenvalue weighted by Gasteiger charge is -2.10. The Morgan fingerprint density at radius 1 is 0.964 bits per heavy atom. The van der Waals surface area contributed by atoms with Crippen LogP contribution in [0.4, 0.5) is 11.4 Å². The molecule has 0 saturated heterocycles. The van der Waals surface area contributed by atoms with Crippen molar-refractivity contribution in [2.75, 3.05) is 17.7 Å². The largest absolute Gasteiger partial charge is 0.495 e. The standard InChI is InChI=1S/C22H22N2O3S/c1-27-20-9-3-2-8-19(20)24-22(26)16-11-13-17(14-12-16)23-21(25)10-4-6-18-7-5-15-28-18/h2-3,5,7-9,11-15H,4,6,10H2,1H3,(H,23,25)(H,24,26). The third kappa shape index (κ3) is 5.44. The lowest BCUT2D eigenvalue weighted by atomic mass is 10.1. The van der Waals surface area contributed by atoms with Gasteiger partial charge in [-0.1, -0.05) is 18.2 Å². The van der Waals surface area contributed by atoms with Crippen LogP contribution in [0.15, 0.2) is 66.0 Å². The van der Waals surface area contributed by atoms with Crippen LogP contribution >= 0.6 is 11.3 Å². The van der Waals surface area contributed by atoms with E-state index in [1.54, 1.807) is 54.8 Å². The molecule has 0 saturated carbocycles. The quantitative estimate of drug-likeness (QED) is 0.567. The second kappa shape index (κ2) is 9.71. The molecular formula is C22H22N2O3S. The second-order valence-corrected chi connectivity index (χ2v) is 7.25. The zero-order valence-electron chi connectivity index (χ0n) is 15.6. The monoisotopic (exact) mass is 394 g/mol. The summed E-state index contributed by atoms with van der Waals surface area (Å²) in [6.45, 7) is 0. The number of carbonyl (C=O) groups is 2. The molecule has 5 nitrogen and oxygen atoms in total. The Morgan fingerprint density at radius 3 is 2.46 bits per heavy atom. The highest BCUT2D eigenvalue weighted by Crippen LogP contribution is 2.24. The highest BCUT2D eigenvalue weighted by Gasteiger charge is 2.10. The van der Waals surface area contributed by atoms with E-state index in [1.165, 1.54) is 4.88 Å². The average Bonchev–Trinajstić information content (AvgIpc) is 3.22. The Labute approximate surface area is 168 Å². The van der Waals surface area contributed by atoms with E-state index in [0.717, 1.165) is 12.8 Å². The molecule has 144 valence electrons. The molecule has 2 N–H and O–H groups in total. The minimum Gasteiger partial charge on any atom is -0.495 e. The van der Waals surface area contributed by atoms with Gasteiger partial charge in [-0.3, -0.25) is 9.59 Å². The molecular weight excluding hydrogens is 372 g/mol. The van der Waals surface area contributed by atoms with E-state index in [0.29, 0.717) is 29.1 Å². The molecule has 0 unspecified atom stereocenters. The van der Waals surface area contributed by atoms with Crippen LogP contribution in [0.5, 0.6) is 5.75 Å². The van der Waals surface area contributed by atoms with Crippen LogP contribution in [0.2, 0.25) is 0 Å². The van der Waals surface area contributed by atoms with E-state index in [9.17, 15) is 9.59 Å². The minimum absolute atomic E-state index is 0.0252. The molecule has 0 atom stereocenters. The van der Waals surface area contributed by atoms with Crippen molar-refractivity contribution in [1.82, 2.24) is 0 Å². The molecule has 2 amide bonds. The van der Waals surface area contributed by atoms with Crippen LogP contribution < -0.4 is 15.4 Å². The summed E-state index contributed by atoms with van der Waals surface area (Å²) in [4.78, 5) is 25.8. The van der Waals surface area contributed by atoms with Crippen LogP contribution in [-0.2, 0) is 11.2 Å². The number of methoxy groups -OCH3 is 1. The van der Waals surface area contributed by atoms with Gasteiger partial charge < -0.3 is 15.4 Å². The van der Waals surface area contributed by atoms with Gasteiger partial charge in [-0.25, -0.2) is 0 Å². The summed E-state index contributed by atoms with van der Waals surface area (Å²) in [5.41, 5.74) is 1.79. The number of hydrogen-bond donors (Lipinski definition) is 2. The Morgan fingerprint density at radius 2 is 1.75 bits per heavy atom. The molecule has 1 aromatic heterocycles. The number of thiophene rings is 1. The number of para-hydroxylation sites is 2. The van der Waals surface area contributed by atoms with E-state index in [-0.39, 0.29) is 11.8 Å². The highest BCUT2D eigenvalue weighted by molar-refractivity contribution is 7.09.